The maximum Gasteiger partial charge on any atom is 0.243 e. The Bertz CT molecular complexity index is 731. The lowest BCUT2D eigenvalue weighted by Gasteiger charge is -2.51. The Balaban J connectivity index is 2.22. The molecular weight excluding hydrogens is 294 g/mol. The van der Waals surface area contributed by atoms with Gasteiger partial charge in [0.1, 0.15) is 23.0 Å². The number of benzene rings is 1. The van der Waals surface area contributed by atoms with Gasteiger partial charge >= 0.3 is 0 Å². The van der Waals surface area contributed by atoms with Gasteiger partial charge in [-0.25, -0.2) is 5.01 Å². The molecule has 0 radical (unpaired) electrons. The molecule has 2 unspecified atom stereocenters. The average molecular weight is 313 g/mol. The number of rotatable bonds is 1. The second-order valence-electron chi connectivity index (χ2n) is 6.60. The zero-order valence-electron chi connectivity index (χ0n) is 13.4. The van der Waals surface area contributed by atoms with Gasteiger partial charge in [-0.3, -0.25) is 4.79 Å². The quantitative estimate of drug-likeness (QED) is 0.860. The van der Waals surface area contributed by atoms with Crippen LogP contribution in [0.5, 0.6) is 5.75 Å². The van der Waals surface area contributed by atoms with Gasteiger partial charge in [-0.1, -0.05) is 0 Å². The first-order valence-corrected chi connectivity index (χ1v) is 7.58. The molecular formula is C17H19N3O3. The van der Waals surface area contributed by atoms with Gasteiger partial charge in [0, 0.05) is 18.2 Å². The molecule has 0 spiro atoms. The monoisotopic (exact) mass is 313 g/mol. The molecule has 2 aliphatic heterocycles. The first-order valence-electron chi connectivity index (χ1n) is 7.58. The fourth-order valence-electron chi connectivity index (χ4n) is 3.03. The Morgan fingerprint density at radius 2 is 2.17 bits per heavy atom. The molecule has 1 aromatic rings. The van der Waals surface area contributed by atoms with E-state index in [0.29, 0.717) is 29.7 Å². The van der Waals surface area contributed by atoms with Crippen molar-refractivity contribution in [3.05, 3.63) is 29.3 Å². The topological polar surface area (TPSA) is 85.9 Å². The third-order valence-electron chi connectivity index (χ3n) is 4.74. The number of hydrogen-bond acceptors (Lipinski definition) is 5. The predicted molar refractivity (Wildman–Crippen MR) is 83.8 cm³/mol. The van der Waals surface area contributed by atoms with Gasteiger partial charge in [-0.05, 0) is 45.4 Å². The molecule has 0 fully saturated rings. The van der Waals surface area contributed by atoms with Crippen LogP contribution in [0.2, 0.25) is 0 Å². The highest BCUT2D eigenvalue weighted by atomic mass is 16.5. The Hall–Kier alpha value is -2.39. The number of carbonyl (C=O) groups excluding carboxylic acids is 1. The molecule has 3 rings (SSSR count). The van der Waals surface area contributed by atoms with Crippen LogP contribution >= 0.6 is 0 Å². The van der Waals surface area contributed by atoms with Gasteiger partial charge in [0.2, 0.25) is 5.91 Å². The number of nitrogens with zero attached hydrogens (tertiary/aromatic N) is 3. The number of hydrazone groups is 1. The molecule has 1 amide bonds. The summed E-state index contributed by atoms with van der Waals surface area (Å²) in [6.07, 6.45) is 2.62. The molecule has 0 aliphatic carbocycles. The van der Waals surface area contributed by atoms with E-state index in [1.54, 1.807) is 45.2 Å². The SMILES string of the molecule is CC1(C)Oc2ccc(C#N)cc2C(N2N=CCCC2=O)C1(C)O. The zero-order chi connectivity index (χ0) is 16.8. The van der Waals surface area contributed by atoms with Crippen LogP contribution in [0.1, 0.15) is 50.8 Å². The average Bonchev–Trinajstić information content (AvgIpc) is 2.49. The first-order chi connectivity index (χ1) is 10.8. The van der Waals surface area contributed by atoms with Crippen LogP contribution in [-0.4, -0.2) is 33.4 Å². The fraction of sp³-hybridized carbons (Fsp3) is 0.471. The summed E-state index contributed by atoms with van der Waals surface area (Å²) in [5, 5.41) is 25.9. The molecule has 1 N–H and O–H groups in total. The zero-order valence-corrected chi connectivity index (χ0v) is 13.4. The minimum atomic E-state index is -1.38. The standard InChI is InChI=1S/C17H19N3O3/c1-16(2)17(3,22)15(20-14(21)5-4-8-19-20)12-9-11(10-18)6-7-13(12)23-16/h6-9,15,22H,4-5H2,1-3H3. The lowest BCUT2D eigenvalue weighted by atomic mass is 9.74. The Kier molecular flexibility index (Phi) is 3.42. The van der Waals surface area contributed by atoms with E-state index in [2.05, 4.69) is 11.2 Å². The summed E-state index contributed by atoms with van der Waals surface area (Å²) in [6, 6.07) is 6.39. The van der Waals surface area contributed by atoms with E-state index in [-0.39, 0.29) is 5.91 Å². The molecule has 0 saturated carbocycles. The molecule has 0 saturated heterocycles. The maximum absolute atomic E-state index is 12.4. The third-order valence-corrected chi connectivity index (χ3v) is 4.74. The Morgan fingerprint density at radius 3 is 2.83 bits per heavy atom. The molecule has 6 heteroatoms. The van der Waals surface area contributed by atoms with Crippen molar-refractivity contribution in [2.24, 2.45) is 5.10 Å². The highest BCUT2D eigenvalue weighted by Gasteiger charge is 2.56. The van der Waals surface area contributed by atoms with E-state index in [1.807, 2.05) is 0 Å². The second kappa shape index (κ2) is 5.07. The van der Waals surface area contributed by atoms with Crippen molar-refractivity contribution in [2.75, 3.05) is 0 Å². The molecule has 0 aromatic heterocycles. The van der Waals surface area contributed by atoms with Crippen LogP contribution in [-0.2, 0) is 4.79 Å². The third kappa shape index (κ3) is 2.28. The van der Waals surface area contributed by atoms with Crippen molar-refractivity contribution in [3.63, 3.8) is 0 Å². The molecule has 23 heavy (non-hydrogen) atoms. The lowest BCUT2D eigenvalue weighted by molar-refractivity contribution is -0.175. The second-order valence-corrected chi connectivity index (χ2v) is 6.60. The summed E-state index contributed by atoms with van der Waals surface area (Å²) in [4.78, 5) is 12.4. The first kappa shape index (κ1) is 15.5. The Morgan fingerprint density at radius 1 is 1.43 bits per heavy atom. The van der Waals surface area contributed by atoms with E-state index in [1.165, 1.54) is 5.01 Å². The van der Waals surface area contributed by atoms with Crippen molar-refractivity contribution >= 4 is 12.1 Å². The van der Waals surface area contributed by atoms with Gasteiger partial charge in [-0.2, -0.15) is 10.4 Å². The molecule has 6 nitrogen and oxygen atoms in total. The predicted octanol–water partition coefficient (Wildman–Crippen LogP) is 2.13. The van der Waals surface area contributed by atoms with Crippen LogP contribution in [0, 0.1) is 11.3 Å². The number of carbonyl (C=O) groups is 1. The minimum Gasteiger partial charge on any atom is -0.484 e. The number of hydrogen-bond donors (Lipinski definition) is 1. The van der Waals surface area contributed by atoms with Crippen molar-refractivity contribution < 1.29 is 14.6 Å². The van der Waals surface area contributed by atoms with Crippen LogP contribution in [0.15, 0.2) is 23.3 Å². The summed E-state index contributed by atoms with van der Waals surface area (Å²) in [5.41, 5.74) is -1.26. The molecule has 2 aliphatic rings. The minimum absolute atomic E-state index is 0.149. The molecule has 2 heterocycles. The summed E-state index contributed by atoms with van der Waals surface area (Å²) in [5.74, 6) is 0.405. The number of ether oxygens (including phenoxy) is 1. The molecule has 0 bridgehead atoms. The molecule has 2 atom stereocenters. The van der Waals surface area contributed by atoms with Gasteiger partial charge in [-0.15, -0.1) is 0 Å². The van der Waals surface area contributed by atoms with Gasteiger partial charge in [0.05, 0.1) is 11.6 Å². The van der Waals surface area contributed by atoms with Crippen LogP contribution in [0.4, 0.5) is 0 Å². The van der Waals surface area contributed by atoms with E-state index in [0.717, 1.165) is 0 Å². The maximum atomic E-state index is 12.4. The number of amides is 1. The van der Waals surface area contributed by atoms with E-state index < -0.39 is 17.2 Å². The van der Waals surface area contributed by atoms with Crippen molar-refractivity contribution in [3.8, 4) is 11.8 Å². The van der Waals surface area contributed by atoms with Crippen LogP contribution < -0.4 is 4.74 Å². The van der Waals surface area contributed by atoms with Crippen molar-refractivity contribution in [1.82, 2.24) is 5.01 Å². The molecule has 120 valence electrons. The Labute approximate surface area is 135 Å². The number of nitriles is 1. The highest BCUT2D eigenvalue weighted by Crippen LogP contribution is 2.49. The normalized spacial score (nSPS) is 28.7. The van der Waals surface area contributed by atoms with Crippen LogP contribution in [0.25, 0.3) is 0 Å². The summed E-state index contributed by atoms with van der Waals surface area (Å²) in [7, 11) is 0. The number of fused-ring (bicyclic) bond motifs is 1. The number of aliphatic hydroxyl groups is 1. The van der Waals surface area contributed by atoms with E-state index >= 15 is 0 Å². The van der Waals surface area contributed by atoms with E-state index in [9.17, 15) is 9.90 Å². The highest BCUT2D eigenvalue weighted by molar-refractivity contribution is 5.83. The van der Waals surface area contributed by atoms with Crippen molar-refractivity contribution in [1.29, 1.82) is 5.26 Å². The van der Waals surface area contributed by atoms with Crippen molar-refractivity contribution in [2.45, 2.75) is 50.9 Å². The smallest absolute Gasteiger partial charge is 0.243 e. The lowest BCUT2D eigenvalue weighted by Crippen LogP contribution is -2.62. The van der Waals surface area contributed by atoms with E-state index in [4.69, 9.17) is 10.00 Å². The summed E-state index contributed by atoms with van der Waals surface area (Å²) >= 11 is 0. The molecule has 1 aromatic carbocycles. The largest absolute Gasteiger partial charge is 0.484 e. The van der Waals surface area contributed by atoms with Gasteiger partial charge < -0.3 is 9.84 Å². The summed E-state index contributed by atoms with van der Waals surface area (Å²) < 4.78 is 5.94. The van der Waals surface area contributed by atoms with Gasteiger partial charge in [0.25, 0.3) is 0 Å². The summed E-state index contributed by atoms with van der Waals surface area (Å²) in [6.45, 7) is 5.19. The van der Waals surface area contributed by atoms with Crippen LogP contribution in [0.3, 0.4) is 0 Å². The fourth-order valence-corrected chi connectivity index (χ4v) is 3.03. The van der Waals surface area contributed by atoms with Gasteiger partial charge in [0.15, 0.2) is 0 Å².